The number of methoxy groups -OCH3 is 1. The van der Waals surface area contributed by atoms with Crippen molar-refractivity contribution in [3.63, 3.8) is 0 Å². The van der Waals surface area contributed by atoms with Gasteiger partial charge >= 0.3 is 5.69 Å². The van der Waals surface area contributed by atoms with Gasteiger partial charge in [0.1, 0.15) is 11.6 Å². The van der Waals surface area contributed by atoms with E-state index in [2.05, 4.69) is 4.98 Å². The maximum absolute atomic E-state index is 13.7. The highest BCUT2D eigenvalue weighted by Gasteiger charge is 2.12. The molecule has 0 radical (unpaired) electrons. The topological polar surface area (TPSA) is 47.0 Å². The van der Waals surface area contributed by atoms with Crippen LogP contribution >= 0.6 is 11.6 Å². The monoisotopic (exact) mass is 382 g/mol. The van der Waals surface area contributed by atoms with Gasteiger partial charge in [-0.15, -0.1) is 0 Å². The van der Waals surface area contributed by atoms with Gasteiger partial charge < -0.3 is 9.72 Å². The van der Waals surface area contributed by atoms with Crippen LogP contribution in [0.25, 0.3) is 22.2 Å². The third-order valence-corrected chi connectivity index (χ3v) is 4.75. The molecule has 27 heavy (non-hydrogen) atoms. The molecular weight excluding hydrogens is 367 g/mol. The molecule has 0 unspecified atom stereocenters. The number of hydrogen-bond acceptors (Lipinski definition) is 2. The smallest absolute Gasteiger partial charge is 0.326 e. The van der Waals surface area contributed by atoms with Crippen LogP contribution in [0.2, 0.25) is 5.02 Å². The highest BCUT2D eigenvalue weighted by molar-refractivity contribution is 6.30. The van der Waals surface area contributed by atoms with Crippen LogP contribution in [0, 0.1) is 5.82 Å². The number of rotatable bonds is 4. The second kappa shape index (κ2) is 6.93. The normalized spacial score (nSPS) is 11.1. The predicted molar refractivity (Wildman–Crippen MR) is 105 cm³/mol. The number of hydrogen-bond donors (Lipinski definition) is 1. The second-order valence-electron chi connectivity index (χ2n) is 6.22. The van der Waals surface area contributed by atoms with Crippen molar-refractivity contribution >= 4 is 22.6 Å². The molecule has 0 saturated carbocycles. The van der Waals surface area contributed by atoms with E-state index in [4.69, 9.17) is 16.3 Å². The molecule has 6 heteroatoms. The maximum atomic E-state index is 13.7. The van der Waals surface area contributed by atoms with E-state index < -0.39 is 0 Å². The minimum Gasteiger partial charge on any atom is -0.496 e. The van der Waals surface area contributed by atoms with Crippen molar-refractivity contribution in [2.75, 3.05) is 7.11 Å². The fourth-order valence-corrected chi connectivity index (χ4v) is 3.29. The first-order valence-corrected chi connectivity index (χ1v) is 8.74. The summed E-state index contributed by atoms with van der Waals surface area (Å²) >= 11 is 5.92. The molecule has 0 aliphatic rings. The molecule has 1 aromatic heterocycles. The zero-order valence-electron chi connectivity index (χ0n) is 14.5. The van der Waals surface area contributed by atoms with E-state index in [1.807, 2.05) is 30.3 Å². The maximum Gasteiger partial charge on any atom is 0.326 e. The molecule has 0 bridgehead atoms. The summed E-state index contributed by atoms with van der Waals surface area (Å²) in [4.78, 5) is 15.3. The third kappa shape index (κ3) is 3.34. The minimum atomic E-state index is -0.348. The van der Waals surface area contributed by atoms with E-state index in [0.29, 0.717) is 28.4 Å². The van der Waals surface area contributed by atoms with Gasteiger partial charge in [0.2, 0.25) is 0 Å². The Labute approximate surface area is 159 Å². The molecule has 0 atom stereocenters. The van der Waals surface area contributed by atoms with Crippen molar-refractivity contribution < 1.29 is 9.13 Å². The molecule has 0 fully saturated rings. The van der Waals surface area contributed by atoms with Crippen LogP contribution in [-0.2, 0) is 6.54 Å². The number of H-pyrrole nitrogens is 1. The van der Waals surface area contributed by atoms with Crippen LogP contribution in [0.1, 0.15) is 5.56 Å². The molecule has 1 N–H and O–H groups in total. The van der Waals surface area contributed by atoms with E-state index in [0.717, 1.165) is 16.6 Å². The molecule has 0 aliphatic heterocycles. The second-order valence-corrected chi connectivity index (χ2v) is 6.66. The zero-order chi connectivity index (χ0) is 19.0. The number of aromatic nitrogens is 2. The summed E-state index contributed by atoms with van der Waals surface area (Å²) in [5.41, 5.74) is 3.61. The first kappa shape index (κ1) is 17.4. The first-order valence-electron chi connectivity index (χ1n) is 8.36. The zero-order valence-corrected chi connectivity index (χ0v) is 15.3. The lowest BCUT2D eigenvalue weighted by atomic mass is 10.0. The number of fused-ring (bicyclic) bond motifs is 1. The molecule has 4 rings (SSSR count). The Morgan fingerprint density at radius 1 is 1.07 bits per heavy atom. The van der Waals surface area contributed by atoms with E-state index in [1.165, 1.54) is 12.1 Å². The summed E-state index contributed by atoms with van der Waals surface area (Å²) in [6.45, 7) is 0.429. The lowest BCUT2D eigenvalue weighted by molar-refractivity contribution is 0.415. The van der Waals surface area contributed by atoms with Crippen LogP contribution in [0.5, 0.6) is 5.75 Å². The molecule has 0 amide bonds. The lowest BCUT2D eigenvalue weighted by Crippen LogP contribution is -2.17. The van der Waals surface area contributed by atoms with Gasteiger partial charge in [-0.3, -0.25) is 4.57 Å². The summed E-state index contributed by atoms with van der Waals surface area (Å²) in [7, 11) is 1.54. The van der Waals surface area contributed by atoms with E-state index in [9.17, 15) is 9.18 Å². The summed E-state index contributed by atoms with van der Waals surface area (Å²) in [5, 5.41) is 0.652. The van der Waals surface area contributed by atoms with Crippen molar-refractivity contribution in [2.45, 2.75) is 6.54 Å². The lowest BCUT2D eigenvalue weighted by Gasteiger charge is -2.09. The summed E-state index contributed by atoms with van der Waals surface area (Å²) in [6, 6.07) is 17.3. The van der Waals surface area contributed by atoms with Gasteiger partial charge in [0, 0.05) is 10.6 Å². The average Bonchev–Trinajstić information content (AvgIpc) is 2.98. The summed E-state index contributed by atoms with van der Waals surface area (Å²) in [6.07, 6.45) is 0. The van der Waals surface area contributed by atoms with Gasteiger partial charge in [0.15, 0.2) is 0 Å². The molecule has 0 aliphatic carbocycles. The van der Waals surface area contributed by atoms with Crippen LogP contribution in [-0.4, -0.2) is 16.7 Å². The van der Waals surface area contributed by atoms with Crippen LogP contribution in [0.4, 0.5) is 4.39 Å². The number of nitrogens with one attached hydrogen (secondary N) is 1. The molecule has 1 heterocycles. The highest BCUT2D eigenvalue weighted by atomic mass is 35.5. The number of ether oxygens (including phenoxy) is 1. The fraction of sp³-hybridized carbons (Fsp3) is 0.0952. The van der Waals surface area contributed by atoms with Crippen molar-refractivity contribution in [1.29, 1.82) is 0 Å². The molecule has 0 spiro atoms. The molecule has 4 aromatic rings. The third-order valence-electron chi connectivity index (χ3n) is 4.50. The van der Waals surface area contributed by atoms with Gasteiger partial charge in [0.05, 0.1) is 24.7 Å². The Bertz CT molecular complexity index is 1180. The van der Waals surface area contributed by atoms with E-state index >= 15 is 0 Å². The number of halogens is 2. The van der Waals surface area contributed by atoms with Gasteiger partial charge in [-0.1, -0.05) is 29.8 Å². The van der Waals surface area contributed by atoms with E-state index in [1.54, 1.807) is 29.9 Å². The fourth-order valence-electron chi connectivity index (χ4n) is 3.17. The van der Waals surface area contributed by atoms with Gasteiger partial charge in [-0.25, -0.2) is 9.18 Å². The number of aromatic amines is 1. The van der Waals surface area contributed by atoms with Crippen molar-refractivity contribution in [3.05, 3.63) is 87.6 Å². The van der Waals surface area contributed by atoms with Crippen LogP contribution < -0.4 is 10.4 Å². The quantitative estimate of drug-likeness (QED) is 0.548. The molecular formula is C21H16ClFN2O2. The van der Waals surface area contributed by atoms with Crippen LogP contribution in [0.3, 0.4) is 0 Å². The van der Waals surface area contributed by atoms with Crippen LogP contribution in [0.15, 0.2) is 65.5 Å². The van der Waals surface area contributed by atoms with Crippen molar-refractivity contribution in [3.8, 4) is 16.9 Å². The largest absolute Gasteiger partial charge is 0.496 e. The minimum absolute atomic E-state index is 0.205. The standard InChI is InChI=1S/C21H16ClFN2O2/c1-27-20-9-7-16(23)11-17(20)14-4-8-19-18(10-14)24-21(26)25(19)12-13-2-5-15(22)6-3-13/h2-11H,12H2,1H3,(H,24,26). The Kier molecular flexibility index (Phi) is 4.46. The SMILES string of the molecule is COc1ccc(F)cc1-c1ccc2c(c1)[nH]c(=O)n2Cc1ccc(Cl)cc1. The number of imidazole rings is 1. The Morgan fingerprint density at radius 3 is 2.59 bits per heavy atom. The average molecular weight is 383 g/mol. The molecule has 3 aromatic carbocycles. The number of benzene rings is 3. The molecule has 4 nitrogen and oxygen atoms in total. The Balaban J connectivity index is 1.78. The Morgan fingerprint density at radius 2 is 1.85 bits per heavy atom. The predicted octanol–water partition coefficient (Wildman–Crippen LogP) is 4.85. The highest BCUT2D eigenvalue weighted by Crippen LogP contribution is 2.32. The summed E-state index contributed by atoms with van der Waals surface area (Å²) in [5.74, 6) is 0.221. The molecule has 0 saturated heterocycles. The first-order chi connectivity index (χ1) is 13.0. The Hall–Kier alpha value is -3.05. The van der Waals surface area contributed by atoms with E-state index in [-0.39, 0.29) is 11.5 Å². The van der Waals surface area contributed by atoms with Crippen molar-refractivity contribution in [1.82, 2.24) is 9.55 Å². The van der Waals surface area contributed by atoms with Gasteiger partial charge in [0.25, 0.3) is 0 Å². The number of nitrogens with zero attached hydrogens (tertiary/aromatic N) is 1. The summed E-state index contributed by atoms with van der Waals surface area (Å²) < 4.78 is 20.7. The van der Waals surface area contributed by atoms with Gasteiger partial charge in [-0.2, -0.15) is 0 Å². The molecule has 136 valence electrons. The van der Waals surface area contributed by atoms with Gasteiger partial charge in [-0.05, 0) is 53.6 Å². The van der Waals surface area contributed by atoms with Crippen molar-refractivity contribution in [2.24, 2.45) is 0 Å².